The molecule has 0 spiro atoms. The number of hydrogen-bond donors (Lipinski definition) is 2. The molecule has 0 aliphatic carbocycles. The molecule has 4 rings (SSSR count). The van der Waals surface area contributed by atoms with Gasteiger partial charge >= 0.3 is 0 Å². The van der Waals surface area contributed by atoms with Gasteiger partial charge in [-0.25, -0.2) is 0 Å². The standard InChI is InChI=1S/C20H21N5O3S/c1-12-6-16(14(3)25(12)19-7-13(2)28-24-19)10-22-23-20(29)21-9-15-4-5-17-18(8-15)27-11-26-17/h4-8,10H,9,11H2,1-3H3,(H2,21,23,29)/b22-10-. The van der Waals surface area contributed by atoms with Gasteiger partial charge in [0.25, 0.3) is 0 Å². The van der Waals surface area contributed by atoms with Crippen molar-refractivity contribution < 1.29 is 14.0 Å². The fraction of sp³-hybridized carbons (Fsp3) is 0.250. The molecule has 0 saturated heterocycles. The number of fused-ring (bicyclic) bond motifs is 1. The molecule has 150 valence electrons. The zero-order valence-corrected chi connectivity index (χ0v) is 17.2. The lowest BCUT2D eigenvalue weighted by Crippen LogP contribution is -2.31. The van der Waals surface area contributed by atoms with Crippen LogP contribution in [0.25, 0.3) is 5.82 Å². The Kier molecular flexibility index (Phi) is 5.22. The highest BCUT2D eigenvalue weighted by atomic mass is 32.1. The second-order valence-electron chi connectivity index (χ2n) is 6.70. The average Bonchev–Trinajstić information content (AvgIpc) is 3.39. The summed E-state index contributed by atoms with van der Waals surface area (Å²) in [6.07, 6.45) is 1.74. The molecule has 0 radical (unpaired) electrons. The molecule has 9 heteroatoms. The van der Waals surface area contributed by atoms with Crippen LogP contribution in [-0.4, -0.2) is 27.8 Å². The molecule has 1 aromatic carbocycles. The van der Waals surface area contributed by atoms with Gasteiger partial charge in [-0.1, -0.05) is 11.2 Å². The Morgan fingerprint density at radius 2 is 2.03 bits per heavy atom. The van der Waals surface area contributed by atoms with Crippen molar-refractivity contribution in [2.45, 2.75) is 27.3 Å². The van der Waals surface area contributed by atoms with Crippen LogP contribution >= 0.6 is 12.2 Å². The van der Waals surface area contributed by atoms with Gasteiger partial charge in [0.1, 0.15) is 5.76 Å². The topological polar surface area (TPSA) is 85.8 Å². The van der Waals surface area contributed by atoms with Crippen LogP contribution in [0, 0.1) is 20.8 Å². The summed E-state index contributed by atoms with van der Waals surface area (Å²) in [4.78, 5) is 0. The smallest absolute Gasteiger partial charge is 0.231 e. The van der Waals surface area contributed by atoms with Gasteiger partial charge in [0.05, 0.1) is 6.21 Å². The molecule has 1 aliphatic rings. The first-order chi connectivity index (χ1) is 14.0. The van der Waals surface area contributed by atoms with E-state index in [1.807, 2.05) is 55.7 Å². The molecule has 0 saturated carbocycles. The molecule has 3 aromatic rings. The van der Waals surface area contributed by atoms with E-state index in [4.69, 9.17) is 26.2 Å². The lowest BCUT2D eigenvalue weighted by atomic mass is 10.2. The zero-order chi connectivity index (χ0) is 20.4. The molecule has 0 fully saturated rings. The minimum atomic E-state index is 0.262. The van der Waals surface area contributed by atoms with Crippen molar-refractivity contribution >= 4 is 23.5 Å². The Morgan fingerprint density at radius 3 is 2.83 bits per heavy atom. The van der Waals surface area contributed by atoms with Gasteiger partial charge in [0.2, 0.25) is 6.79 Å². The second kappa shape index (κ2) is 7.96. The first-order valence-corrected chi connectivity index (χ1v) is 9.50. The molecule has 0 amide bonds. The number of aromatic nitrogens is 2. The van der Waals surface area contributed by atoms with Gasteiger partial charge in [0, 0.05) is 29.6 Å². The third-order valence-electron chi connectivity index (χ3n) is 4.57. The molecule has 8 nitrogen and oxygen atoms in total. The molecule has 0 atom stereocenters. The summed E-state index contributed by atoms with van der Waals surface area (Å²) in [5, 5.41) is 11.9. The Morgan fingerprint density at radius 1 is 1.21 bits per heavy atom. The van der Waals surface area contributed by atoms with E-state index in [2.05, 4.69) is 21.0 Å². The molecule has 0 bridgehead atoms. The van der Waals surface area contributed by atoms with E-state index < -0.39 is 0 Å². The maximum absolute atomic E-state index is 5.38. The summed E-state index contributed by atoms with van der Waals surface area (Å²) >= 11 is 5.29. The van der Waals surface area contributed by atoms with Crippen molar-refractivity contribution in [3.8, 4) is 17.3 Å². The lowest BCUT2D eigenvalue weighted by molar-refractivity contribution is 0.174. The molecular weight excluding hydrogens is 390 g/mol. The van der Waals surface area contributed by atoms with E-state index in [0.717, 1.165) is 45.6 Å². The molecule has 2 aromatic heterocycles. The first kappa shape index (κ1) is 19.0. The summed E-state index contributed by atoms with van der Waals surface area (Å²) < 4.78 is 17.9. The van der Waals surface area contributed by atoms with Crippen LogP contribution in [0.15, 0.2) is 40.0 Å². The minimum absolute atomic E-state index is 0.262. The SMILES string of the molecule is Cc1cc(-n2c(C)cc(/C=N\NC(=S)NCc3ccc4c(c3)OCO4)c2C)no1. The van der Waals surface area contributed by atoms with E-state index in [1.165, 1.54) is 0 Å². The number of ether oxygens (including phenoxy) is 2. The van der Waals surface area contributed by atoms with Crippen LogP contribution in [0.3, 0.4) is 0 Å². The van der Waals surface area contributed by atoms with Crippen molar-refractivity contribution in [2.24, 2.45) is 5.10 Å². The average molecular weight is 411 g/mol. The number of rotatable bonds is 5. The third kappa shape index (κ3) is 4.09. The number of hydrogen-bond acceptors (Lipinski definition) is 6. The molecule has 3 heterocycles. The van der Waals surface area contributed by atoms with E-state index in [0.29, 0.717) is 11.7 Å². The quantitative estimate of drug-likeness (QED) is 0.379. The van der Waals surface area contributed by atoms with Crippen molar-refractivity contribution in [3.05, 3.63) is 58.6 Å². The lowest BCUT2D eigenvalue weighted by Gasteiger charge is -2.07. The van der Waals surface area contributed by atoms with Crippen molar-refractivity contribution in [1.82, 2.24) is 20.5 Å². The summed E-state index contributed by atoms with van der Waals surface area (Å²) in [7, 11) is 0. The minimum Gasteiger partial charge on any atom is -0.454 e. The van der Waals surface area contributed by atoms with Crippen LogP contribution in [0.1, 0.15) is 28.3 Å². The Labute approximate surface area is 173 Å². The molecule has 0 unspecified atom stereocenters. The molecule has 29 heavy (non-hydrogen) atoms. The Hall–Kier alpha value is -3.33. The number of benzene rings is 1. The summed E-state index contributed by atoms with van der Waals surface area (Å²) in [5.41, 5.74) is 6.90. The van der Waals surface area contributed by atoms with Crippen molar-refractivity contribution in [3.63, 3.8) is 0 Å². The van der Waals surface area contributed by atoms with E-state index in [1.54, 1.807) is 6.21 Å². The summed E-state index contributed by atoms with van der Waals surface area (Å²) in [5.74, 6) is 3.03. The van der Waals surface area contributed by atoms with Gasteiger partial charge in [-0.2, -0.15) is 5.10 Å². The Balaban J connectivity index is 1.35. The largest absolute Gasteiger partial charge is 0.454 e. The van der Waals surface area contributed by atoms with Crippen molar-refractivity contribution in [2.75, 3.05) is 6.79 Å². The zero-order valence-electron chi connectivity index (χ0n) is 16.4. The number of thiocarbonyl (C=S) groups is 1. The van der Waals surface area contributed by atoms with E-state index in [-0.39, 0.29) is 6.79 Å². The van der Waals surface area contributed by atoms with Crippen molar-refractivity contribution in [1.29, 1.82) is 0 Å². The summed E-state index contributed by atoms with van der Waals surface area (Å²) in [6, 6.07) is 9.72. The van der Waals surface area contributed by atoms with Crippen LogP contribution in [-0.2, 0) is 6.54 Å². The predicted octanol–water partition coefficient (Wildman–Crippen LogP) is 3.12. The summed E-state index contributed by atoms with van der Waals surface area (Å²) in [6.45, 7) is 6.71. The predicted molar refractivity (Wildman–Crippen MR) is 113 cm³/mol. The number of hydrazone groups is 1. The normalized spacial score (nSPS) is 12.5. The highest BCUT2D eigenvalue weighted by Crippen LogP contribution is 2.32. The van der Waals surface area contributed by atoms with Crippen LogP contribution in [0.4, 0.5) is 0 Å². The fourth-order valence-electron chi connectivity index (χ4n) is 3.16. The van der Waals surface area contributed by atoms with Crippen LogP contribution in [0.2, 0.25) is 0 Å². The molecule has 2 N–H and O–H groups in total. The fourth-order valence-corrected chi connectivity index (χ4v) is 3.29. The van der Waals surface area contributed by atoms with Gasteiger partial charge in [0.15, 0.2) is 22.4 Å². The highest BCUT2D eigenvalue weighted by Gasteiger charge is 2.14. The maximum atomic E-state index is 5.38. The number of nitrogens with zero attached hydrogens (tertiary/aromatic N) is 3. The third-order valence-corrected chi connectivity index (χ3v) is 4.81. The first-order valence-electron chi connectivity index (χ1n) is 9.09. The molecule has 1 aliphatic heterocycles. The monoisotopic (exact) mass is 411 g/mol. The Bertz CT molecular complexity index is 1090. The van der Waals surface area contributed by atoms with E-state index in [9.17, 15) is 0 Å². The number of nitrogens with one attached hydrogen (secondary N) is 2. The van der Waals surface area contributed by atoms with Gasteiger partial charge < -0.3 is 19.3 Å². The van der Waals surface area contributed by atoms with Crippen LogP contribution in [0.5, 0.6) is 11.5 Å². The maximum Gasteiger partial charge on any atom is 0.231 e. The van der Waals surface area contributed by atoms with Gasteiger partial charge in [-0.05, 0) is 56.8 Å². The van der Waals surface area contributed by atoms with Gasteiger partial charge in [-0.3, -0.25) is 9.99 Å². The highest BCUT2D eigenvalue weighted by molar-refractivity contribution is 7.80. The van der Waals surface area contributed by atoms with E-state index >= 15 is 0 Å². The molecular formula is C20H21N5O3S. The van der Waals surface area contributed by atoms with Crippen LogP contribution < -0.4 is 20.2 Å². The number of aryl methyl sites for hydroxylation is 2. The second-order valence-corrected chi connectivity index (χ2v) is 7.11. The van der Waals surface area contributed by atoms with Gasteiger partial charge in [-0.15, -0.1) is 0 Å².